The topological polar surface area (TPSA) is 21.7 Å². The SMILES string of the molecule is CCOC(CN1CCS[C@H](C)[C@H]1C)OCC. The molecule has 0 bridgehead atoms. The van der Waals surface area contributed by atoms with Gasteiger partial charge in [0.2, 0.25) is 0 Å². The van der Waals surface area contributed by atoms with Crippen molar-refractivity contribution in [1.29, 1.82) is 0 Å². The van der Waals surface area contributed by atoms with Gasteiger partial charge in [0.15, 0.2) is 6.29 Å². The van der Waals surface area contributed by atoms with E-state index in [-0.39, 0.29) is 6.29 Å². The van der Waals surface area contributed by atoms with Crippen molar-refractivity contribution in [3.8, 4) is 0 Å². The summed E-state index contributed by atoms with van der Waals surface area (Å²) in [6, 6.07) is 0.613. The van der Waals surface area contributed by atoms with Crippen LogP contribution < -0.4 is 0 Å². The highest BCUT2D eigenvalue weighted by Crippen LogP contribution is 2.24. The lowest BCUT2D eigenvalue weighted by molar-refractivity contribution is -0.149. The average molecular weight is 247 g/mol. The third-order valence-electron chi connectivity index (χ3n) is 3.10. The summed E-state index contributed by atoms with van der Waals surface area (Å²) in [6.45, 7) is 12.1. The summed E-state index contributed by atoms with van der Waals surface area (Å²) in [6.07, 6.45) is -0.0623. The second-order valence-corrected chi connectivity index (χ2v) is 5.64. The largest absolute Gasteiger partial charge is 0.352 e. The molecule has 0 spiro atoms. The minimum absolute atomic E-state index is 0.0623. The summed E-state index contributed by atoms with van der Waals surface area (Å²) in [5.74, 6) is 1.22. The summed E-state index contributed by atoms with van der Waals surface area (Å²) in [5, 5.41) is 0.706. The van der Waals surface area contributed by atoms with Gasteiger partial charge < -0.3 is 9.47 Å². The molecule has 96 valence electrons. The zero-order valence-electron chi connectivity index (χ0n) is 10.9. The normalized spacial score (nSPS) is 27.6. The number of rotatable bonds is 6. The second kappa shape index (κ2) is 7.54. The number of hydrogen-bond acceptors (Lipinski definition) is 4. The Kier molecular flexibility index (Phi) is 6.73. The molecule has 1 aliphatic heterocycles. The number of hydrogen-bond donors (Lipinski definition) is 0. The Morgan fingerprint density at radius 3 is 2.44 bits per heavy atom. The lowest BCUT2D eigenvalue weighted by Gasteiger charge is -2.38. The van der Waals surface area contributed by atoms with E-state index in [4.69, 9.17) is 9.47 Å². The van der Waals surface area contributed by atoms with E-state index in [1.54, 1.807) is 0 Å². The zero-order chi connectivity index (χ0) is 12.0. The first kappa shape index (κ1) is 14.3. The fourth-order valence-electron chi connectivity index (χ4n) is 1.97. The van der Waals surface area contributed by atoms with Gasteiger partial charge >= 0.3 is 0 Å². The van der Waals surface area contributed by atoms with Gasteiger partial charge in [0, 0.05) is 43.3 Å². The monoisotopic (exact) mass is 247 g/mol. The van der Waals surface area contributed by atoms with Crippen molar-refractivity contribution in [2.75, 3.05) is 32.1 Å². The molecule has 0 amide bonds. The molecule has 3 nitrogen and oxygen atoms in total. The van der Waals surface area contributed by atoms with Crippen LogP contribution in [0.1, 0.15) is 27.7 Å². The van der Waals surface area contributed by atoms with Crippen molar-refractivity contribution in [1.82, 2.24) is 4.90 Å². The minimum atomic E-state index is -0.0623. The quantitative estimate of drug-likeness (QED) is 0.671. The van der Waals surface area contributed by atoms with Gasteiger partial charge in [-0.1, -0.05) is 6.92 Å². The molecule has 1 aliphatic rings. The maximum absolute atomic E-state index is 5.60. The Hall–Kier alpha value is 0.230. The van der Waals surface area contributed by atoms with Crippen LogP contribution in [0.3, 0.4) is 0 Å². The lowest BCUT2D eigenvalue weighted by Crippen LogP contribution is -2.48. The van der Waals surface area contributed by atoms with E-state index in [1.807, 2.05) is 13.8 Å². The molecule has 0 aromatic carbocycles. The number of thioether (sulfide) groups is 1. The Balaban J connectivity index is 2.42. The highest BCUT2D eigenvalue weighted by Gasteiger charge is 2.27. The third-order valence-corrected chi connectivity index (χ3v) is 4.44. The van der Waals surface area contributed by atoms with E-state index >= 15 is 0 Å². The van der Waals surface area contributed by atoms with Crippen LogP contribution in [0.2, 0.25) is 0 Å². The first-order chi connectivity index (χ1) is 7.69. The van der Waals surface area contributed by atoms with E-state index in [1.165, 1.54) is 5.75 Å². The molecule has 0 aliphatic carbocycles. The molecule has 1 heterocycles. The van der Waals surface area contributed by atoms with E-state index in [0.29, 0.717) is 11.3 Å². The molecular weight excluding hydrogens is 222 g/mol. The van der Waals surface area contributed by atoms with Crippen LogP contribution >= 0.6 is 11.8 Å². The van der Waals surface area contributed by atoms with Crippen LogP contribution in [0, 0.1) is 0 Å². The van der Waals surface area contributed by atoms with E-state index in [0.717, 1.165) is 26.3 Å². The molecule has 0 unspecified atom stereocenters. The smallest absolute Gasteiger partial charge is 0.170 e. The fraction of sp³-hybridized carbons (Fsp3) is 1.00. The van der Waals surface area contributed by atoms with Crippen molar-refractivity contribution in [3.63, 3.8) is 0 Å². The molecule has 0 aromatic rings. The molecule has 2 atom stereocenters. The molecule has 1 fully saturated rings. The molecule has 0 saturated carbocycles. The van der Waals surface area contributed by atoms with Gasteiger partial charge in [-0.15, -0.1) is 0 Å². The summed E-state index contributed by atoms with van der Waals surface area (Å²) < 4.78 is 11.2. The second-order valence-electron chi connectivity index (χ2n) is 4.15. The van der Waals surface area contributed by atoms with Crippen molar-refractivity contribution in [2.24, 2.45) is 0 Å². The predicted molar refractivity (Wildman–Crippen MR) is 70.0 cm³/mol. The Morgan fingerprint density at radius 2 is 1.88 bits per heavy atom. The first-order valence-corrected chi connectivity index (χ1v) is 7.32. The Morgan fingerprint density at radius 1 is 1.25 bits per heavy atom. The summed E-state index contributed by atoms with van der Waals surface area (Å²) >= 11 is 2.06. The van der Waals surface area contributed by atoms with E-state index in [2.05, 4.69) is 30.5 Å². The summed E-state index contributed by atoms with van der Waals surface area (Å²) in [5.41, 5.74) is 0. The van der Waals surface area contributed by atoms with Crippen molar-refractivity contribution in [2.45, 2.75) is 45.3 Å². The highest BCUT2D eigenvalue weighted by molar-refractivity contribution is 8.00. The Bertz CT molecular complexity index is 186. The van der Waals surface area contributed by atoms with Gasteiger partial charge in [0.1, 0.15) is 0 Å². The molecule has 1 saturated heterocycles. The molecule has 16 heavy (non-hydrogen) atoms. The van der Waals surface area contributed by atoms with Crippen LogP contribution in [0.4, 0.5) is 0 Å². The first-order valence-electron chi connectivity index (χ1n) is 6.27. The fourth-order valence-corrected chi connectivity index (χ4v) is 3.13. The van der Waals surface area contributed by atoms with E-state index in [9.17, 15) is 0 Å². The molecular formula is C12H25NO2S. The zero-order valence-corrected chi connectivity index (χ0v) is 11.8. The highest BCUT2D eigenvalue weighted by atomic mass is 32.2. The summed E-state index contributed by atoms with van der Waals surface area (Å²) in [7, 11) is 0. The van der Waals surface area contributed by atoms with Crippen LogP contribution in [0.15, 0.2) is 0 Å². The minimum Gasteiger partial charge on any atom is -0.352 e. The molecule has 4 heteroatoms. The van der Waals surface area contributed by atoms with Crippen molar-refractivity contribution >= 4 is 11.8 Å². The number of ether oxygens (including phenoxy) is 2. The maximum atomic E-state index is 5.60. The van der Waals surface area contributed by atoms with Gasteiger partial charge in [-0.2, -0.15) is 11.8 Å². The van der Waals surface area contributed by atoms with Crippen molar-refractivity contribution in [3.05, 3.63) is 0 Å². The van der Waals surface area contributed by atoms with Crippen LogP contribution in [0.25, 0.3) is 0 Å². The third kappa shape index (κ3) is 4.24. The van der Waals surface area contributed by atoms with Gasteiger partial charge in [-0.25, -0.2) is 0 Å². The predicted octanol–water partition coefficient (Wildman–Crippen LogP) is 2.21. The van der Waals surface area contributed by atoms with E-state index < -0.39 is 0 Å². The van der Waals surface area contributed by atoms with Crippen molar-refractivity contribution < 1.29 is 9.47 Å². The van der Waals surface area contributed by atoms with Crippen LogP contribution in [-0.2, 0) is 9.47 Å². The van der Waals surface area contributed by atoms with Gasteiger partial charge in [-0.05, 0) is 20.8 Å². The van der Waals surface area contributed by atoms with Crippen LogP contribution in [-0.4, -0.2) is 54.5 Å². The molecule has 1 rings (SSSR count). The molecule has 0 N–H and O–H groups in total. The number of nitrogens with zero attached hydrogens (tertiary/aromatic N) is 1. The van der Waals surface area contributed by atoms with Crippen LogP contribution in [0.5, 0.6) is 0 Å². The maximum Gasteiger partial charge on any atom is 0.170 e. The molecule has 0 radical (unpaired) electrons. The van der Waals surface area contributed by atoms with Gasteiger partial charge in [0.25, 0.3) is 0 Å². The Labute approximate surface area is 104 Å². The van der Waals surface area contributed by atoms with Gasteiger partial charge in [-0.3, -0.25) is 4.90 Å². The molecule has 0 aromatic heterocycles. The summed E-state index contributed by atoms with van der Waals surface area (Å²) in [4.78, 5) is 2.48. The average Bonchev–Trinajstić information content (AvgIpc) is 2.25. The lowest BCUT2D eigenvalue weighted by atomic mass is 10.2. The van der Waals surface area contributed by atoms with Gasteiger partial charge in [0.05, 0.1) is 0 Å². The standard InChI is InChI=1S/C12H25NO2S/c1-5-14-12(15-6-2)9-13-7-8-16-11(4)10(13)3/h10-12H,5-9H2,1-4H3/t10-,11-/m1/s1.